The van der Waals surface area contributed by atoms with E-state index < -0.39 is 4.92 Å². The van der Waals surface area contributed by atoms with Crippen LogP contribution in [0, 0.1) is 10.1 Å². The lowest BCUT2D eigenvalue weighted by Gasteiger charge is -2.01. The maximum atomic E-state index is 10.9. The van der Waals surface area contributed by atoms with Gasteiger partial charge in [0.1, 0.15) is 5.82 Å². The summed E-state index contributed by atoms with van der Waals surface area (Å²) >= 11 is 4.69. The Balaban J connectivity index is 2.67. The molecule has 0 saturated heterocycles. The van der Waals surface area contributed by atoms with Crippen LogP contribution in [0.3, 0.4) is 0 Å². The molecule has 0 spiro atoms. The van der Waals surface area contributed by atoms with E-state index in [0.717, 1.165) is 4.47 Å². The third kappa shape index (κ3) is 1.91. The first kappa shape index (κ1) is 11.0. The van der Waals surface area contributed by atoms with Crippen LogP contribution in [0.1, 0.15) is 0 Å². The van der Waals surface area contributed by atoms with Crippen LogP contribution in [-0.4, -0.2) is 9.91 Å². The second-order valence-electron chi connectivity index (χ2n) is 2.96. The average Bonchev–Trinajstić information content (AvgIpc) is 2.63. The van der Waals surface area contributed by atoms with Crippen molar-refractivity contribution in [1.82, 2.24) is 4.98 Å². The molecule has 0 aliphatic heterocycles. The van der Waals surface area contributed by atoms with E-state index in [0.29, 0.717) is 10.6 Å². The second-order valence-corrected chi connectivity index (χ2v) is 4.73. The third-order valence-electron chi connectivity index (χ3n) is 1.92. The number of hydrogen-bond donors (Lipinski definition) is 1. The van der Waals surface area contributed by atoms with Gasteiger partial charge in [0.15, 0.2) is 5.69 Å². The molecule has 0 radical (unpaired) electrons. The molecule has 2 heterocycles. The minimum absolute atomic E-state index is 0.0441. The lowest BCUT2D eigenvalue weighted by atomic mass is 10.2. The molecule has 7 heteroatoms. The van der Waals surface area contributed by atoms with E-state index >= 15 is 0 Å². The lowest BCUT2D eigenvalue weighted by Crippen LogP contribution is -1.97. The average molecular weight is 300 g/mol. The van der Waals surface area contributed by atoms with E-state index in [2.05, 4.69) is 20.9 Å². The number of aromatic nitrogens is 1. The number of nitrogen functional groups attached to an aromatic ring is 1. The van der Waals surface area contributed by atoms with Gasteiger partial charge in [-0.2, -0.15) is 0 Å². The molecule has 0 saturated carbocycles. The summed E-state index contributed by atoms with van der Waals surface area (Å²) in [6.07, 6.45) is 0. The van der Waals surface area contributed by atoms with Crippen molar-refractivity contribution in [2.45, 2.75) is 0 Å². The van der Waals surface area contributed by atoms with Gasteiger partial charge in [-0.1, -0.05) is 0 Å². The van der Waals surface area contributed by atoms with Crippen LogP contribution >= 0.6 is 27.3 Å². The van der Waals surface area contributed by atoms with E-state index in [9.17, 15) is 10.1 Å². The van der Waals surface area contributed by atoms with E-state index in [-0.39, 0.29) is 11.5 Å². The molecule has 0 unspecified atom stereocenters. The molecular formula is C9H6BrN3O2S. The largest absolute Gasteiger partial charge is 0.384 e. The van der Waals surface area contributed by atoms with Crippen molar-refractivity contribution in [3.63, 3.8) is 0 Å². The first-order chi connectivity index (χ1) is 7.59. The van der Waals surface area contributed by atoms with E-state index in [1.807, 2.05) is 11.4 Å². The Morgan fingerprint density at radius 1 is 1.44 bits per heavy atom. The molecule has 2 aromatic heterocycles. The first-order valence-corrected chi connectivity index (χ1v) is 5.91. The molecule has 0 atom stereocenters. The van der Waals surface area contributed by atoms with Crippen LogP contribution in [0.25, 0.3) is 10.6 Å². The number of halogens is 1. The summed E-state index contributed by atoms with van der Waals surface area (Å²) in [5.74, 6) is 0.265. The number of anilines is 1. The van der Waals surface area contributed by atoms with Gasteiger partial charge in [0.2, 0.25) is 0 Å². The van der Waals surface area contributed by atoms with Crippen molar-refractivity contribution in [3.8, 4) is 10.6 Å². The highest BCUT2D eigenvalue weighted by molar-refractivity contribution is 9.10. The monoisotopic (exact) mass is 299 g/mol. The van der Waals surface area contributed by atoms with Gasteiger partial charge in [-0.05, 0) is 33.4 Å². The van der Waals surface area contributed by atoms with Crippen LogP contribution in [-0.2, 0) is 0 Å². The van der Waals surface area contributed by atoms with E-state index in [1.54, 1.807) is 0 Å². The second kappa shape index (κ2) is 4.18. The maximum absolute atomic E-state index is 10.9. The summed E-state index contributed by atoms with van der Waals surface area (Å²) < 4.78 is 0.777. The zero-order valence-corrected chi connectivity index (χ0v) is 10.3. The number of nitrogens with zero attached hydrogens (tertiary/aromatic N) is 2. The molecule has 2 N–H and O–H groups in total. The zero-order valence-electron chi connectivity index (χ0n) is 7.88. The molecule has 2 aromatic rings. The Morgan fingerprint density at radius 2 is 2.19 bits per heavy atom. The van der Waals surface area contributed by atoms with Crippen molar-refractivity contribution in [2.75, 3.05) is 5.73 Å². The molecule has 0 amide bonds. The highest BCUT2D eigenvalue weighted by atomic mass is 79.9. The summed E-state index contributed by atoms with van der Waals surface area (Å²) in [5.41, 5.74) is 5.79. The van der Waals surface area contributed by atoms with Crippen molar-refractivity contribution >= 4 is 38.8 Å². The molecule has 2 rings (SSSR count). The third-order valence-corrected chi connectivity index (χ3v) is 3.77. The molecule has 0 aromatic carbocycles. The Morgan fingerprint density at radius 3 is 2.75 bits per heavy atom. The van der Waals surface area contributed by atoms with Gasteiger partial charge in [0.25, 0.3) is 5.69 Å². The van der Waals surface area contributed by atoms with E-state index in [4.69, 9.17) is 5.73 Å². The van der Waals surface area contributed by atoms with Gasteiger partial charge in [-0.15, -0.1) is 11.3 Å². The highest BCUT2D eigenvalue weighted by Crippen LogP contribution is 2.37. The minimum Gasteiger partial charge on any atom is -0.384 e. The minimum atomic E-state index is -0.464. The van der Waals surface area contributed by atoms with Gasteiger partial charge in [0.05, 0.1) is 9.80 Å². The topological polar surface area (TPSA) is 82.0 Å². The summed E-state index contributed by atoms with van der Waals surface area (Å²) in [7, 11) is 0. The molecule has 0 fully saturated rings. The van der Waals surface area contributed by atoms with Crippen LogP contribution in [0.5, 0.6) is 0 Å². The molecule has 0 bridgehead atoms. The van der Waals surface area contributed by atoms with Crippen LogP contribution in [0.2, 0.25) is 0 Å². The van der Waals surface area contributed by atoms with Gasteiger partial charge in [0, 0.05) is 10.5 Å². The first-order valence-electron chi connectivity index (χ1n) is 4.24. The normalized spacial score (nSPS) is 10.3. The number of nitro groups is 1. The summed E-state index contributed by atoms with van der Waals surface area (Å²) in [4.78, 5) is 15.1. The molecule has 0 aliphatic carbocycles. The molecular weight excluding hydrogens is 294 g/mol. The highest BCUT2D eigenvalue weighted by Gasteiger charge is 2.20. The fraction of sp³-hybridized carbons (Fsp3) is 0. The molecule has 0 aliphatic rings. The van der Waals surface area contributed by atoms with Crippen molar-refractivity contribution in [3.05, 3.63) is 38.2 Å². The van der Waals surface area contributed by atoms with Crippen LogP contribution < -0.4 is 5.73 Å². The number of pyridine rings is 1. The SMILES string of the molecule is Nc1ccc([N+](=O)[O-])c(-c2sccc2Br)n1. The Hall–Kier alpha value is -1.47. The predicted octanol–water partition coefficient (Wildman–Crippen LogP) is 3.06. The number of rotatable bonds is 2. The molecule has 82 valence electrons. The van der Waals surface area contributed by atoms with Crippen molar-refractivity contribution in [2.24, 2.45) is 0 Å². The lowest BCUT2D eigenvalue weighted by molar-refractivity contribution is -0.384. The number of hydrogen-bond acceptors (Lipinski definition) is 5. The summed E-state index contributed by atoms with van der Waals surface area (Å²) in [5, 5.41) is 12.7. The fourth-order valence-corrected chi connectivity index (χ4v) is 2.80. The van der Waals surface area contributed by atoms with Crippen LogP contribution in [0.15, 0.2) is 28.1 Å². The van der Waals surface area contributed by atoms with Gasteiger partial charge < -0.3 is 5.73 Å². The Kier molecular flexibility index (Phi) is 2.88. The smallest absolute Gasteiger partial charge is 0.296 e. The van der Waals surface area contributed by atoms with Gasteiger partial charge in [-0.3, -0.25) is 10.1 Å². The van der Waals surface area contributed by atoms with Gasteiger partial charge in [-0.25, -0.2) is 4.98 Å². The van der Waals surface area contributed by atoms with Crippen molar-refractivity contribution < 1.29 is 4.92 Å². The zero-order chi connectivity index (χ0) is 11.7. The molecule has 16 heavy (non-hydrogen) atoms. The number of thiophene rings is 1. The maximum Gasteiger partial charge on any atom is 0.296 e. The van der Waals surface area contributed by atoms with Crippen molar-refractivity contribution in [1.29, 1.82) is 0 Å². The number of nitrogens with two attached hydrogens (primary N) is 1. The van der Waals surface area contributed by atoms with Gasteiger partial charge >= 0.3 is 0 Å². The standard InChI is InChI=1S/C9H6BrN3O2S/c10-5-3-4-16-9(5)8-6(13(14)15)1-2-7(11)12-8/h1-4H,(H2,11,12). The van der Waals surface area contributed by atoms with Crippen LogP contribution in [0.4, 0.5) is 11.5 Å². The predicted molar refractivity (Wildman–Crippen MR) is 66.3 cm³/mol. The molecule has 5 nitrogen and oxygen atoms in total. The quantitative estimate of drug-likeness (QED) is 0.682. The summed E-state index contributed by atoms with van der Waals surface area (Å²) in [6.45, 7) is 0. The summed E-state index contributed by atoms with van der Waals surface area (Å²) in [6, 6.07) is 4.60. The fourth-order valence-electron chi connectivity index (χ4n) is 1.24. The Labute approximate surface area is 103 Å². The van der Waals surface area contributed by atoms with E-state index in [1.165, 1.54) is 23.5 Å². The Bertz CT molecular complexity index is 555.